The monoisotopic (exact) mass is 371 g/mol. The molecule has 3 aromatic rings. The number of thioether (sulfide) groups is 1. The van der Waals surface area contributed by atoms with E-state index in [1.54, 1.807) is 17.7 Å². The van der Waals surface area contributed by atoms with E-state index in [-0.39, 0.29) is 11.2 Å². The van der Waals surface area contributed by atoms with Crippen molar-refractivity contribution in [3.63, 3.8) is 0 Å². The smallest absolute Gasteiger partial charge is 0.237 e. The van der Waals surface area contributed by atoms with Crippen LogP contribution in [0.25, 0.3) is 10.2 Å². The van der Waals surface area contributed by atoms with Gasteiger partial charge in [0.2, 0.25) is 5.91 Å². The molecule has 25 heavy (non-hydrogen) atoms. The summed E-state index contributed by atoms with van der Waals surface area (Å²) >= 11 is 3.15. The number of nitrogens with one attached hydrogen (secondary N) is 1. The van der Waals surface area contributed by atoms with E-state index in [1.807, 2.05) is 39.0 Å². The van der Waals surface area contributed by atoms with Gasteiger partial charge in [-0.05, 0) is 57.4 Å². The number of anilines is 1. The summed E-state index contributed by atoms with van der Waals surface area (Å²) in [6.45, 7) is 10.1. The number of hydrogen-bond acceptors (Lipinski definition) is 5. The molecule has 130 valence electrons. The average Bonchev–Trinajstić information content (AvgIpc) is 2.86. The largest absolute Gasteiger partial charge is 0.325 e. The van der Waals surface area contributed by atoms with Crippen molar-refractivity contribution in [3.8, 4) is 0 Å². The van der Waals surface area contributed by atoms with Crippen molar-refractivity contribution in [3.05, 3.63) is 46.1 Å². The highest BCUT2D eigenvalue weighted by molar-refractivity contribution is 8.00. The van der Waals surface area contributed by atoms with Crippen LogP contribution in [0.15, 0.2) is 29.6 Å². The Bertz CT molecular complexity index is 949. The van der Waals surface area contributed by atoms with Crippen LogP contribution in [0.3, 0.4) is 0 Å². The molecule has 1 amide bonds. The summed E-state index contributed by atoms with van der Waals surface area (Å²) in [5.41, 5.74) is 4.26. The van der Waals surface area contributed by atoms with E-state index in [0.717, 1.165) is 32.1 Å². The third kappa shape index (κ3) is 3.70. The molecule has 0 bridgehead atoms. The summed E-state index contributed by atoms with van der Waals surface area (Å²) in [4.78, 5) is 23.6. The zero-order valence-electron chi connectivity index (χ0n) is 15.0. The van der Waals surface area contributed by atoms with Crippen molar-refractivity contribution in [2.45, 2.75) is 44.9 Å². The molecule has 0 spiro atoms. The van der Waals surface area contributed by atoms with Gasteiger partial charge in [0.15, 0.2) is 0 Å². The Morgan fingerprint density at radius 1 is 1.20 bits per heavy atom. The molecule has 0 unspecified atom stereocenters. The van der Waals surface area contributed by atoms with Crippen LogP contribution in [0.1, 0.15) is 28.5 Å². The van der Waals surface area contributed by atoms with Crippen molar-refractivity contribution in [2.24, 2.45) is 0 Å². The van der Waals surface area contributed by atoms with E-state index in [9.17, 15) is 4.79 Å². The van der Waals surface area contributed by atoms with Gasteiger partial charge in [-0.3, -0.25) is 4.79 Å². The van der Waals surface area contributed by atoms with Gasteiger partial charge in [-0.1, -0.05) is 23.9 Å². The van der Waals surface area contributed by atoms with Crippen molar-refractivity contribution in [2.75, 3.05) is 5.32 Å². The van der Waals surface area contributed by atoms with Gasteiger partial charge in [-0.2, -0.15) is 0 Å². The topological polar surface area (TPSA) is 54.9 Å². The molecule has 0 aliphatic carbocycles. The van der Waals surface area contributed by atoms with Crippen molar-refractivity contribution in [1.82, 2.24) is 9.97 Å². The number of aryl methyl sites for hydroxylation is 4. The first-order valence-electron chi connectivity index (χ1n) is 8.12. The Kier molecular flexibility index (Phi) is 5.11. The van der Waals surface area contributed by atoms with Crippen LogP contribution in [-0.2, 0) is 4.79 Å². The van der Waals surface area contributed by atoms with Crippen LogP contribution in [0.4, 0.5) is 5.69 Å². The molecular weight excluding hydrogens is 350 g/mol. The fraction of sp³-hybridized carbons (Fsp3) is 0.316. The minimum Gasteiger partial charge on any atom is -0.325 e. The summed E-state index contributed by atoms with van der Waals surface area (Å²) in [5, 5.41) is 4.73. The minimum absolute atomic E-state index is 0.0185. The Balaban J connectivity index is 1.81. The molecule has 1 atom stereocenters. The summed E-state index contributed by atoms with van der Waals surface area (Å²) in [7, 11) is 0. The predicted molar refractivity (Wildman–Crippen MR) is 107 cm³/mol. The Labute approximate surface area is 156 Å². The first-order valence-corrected chi connectivity index (χ1v) is 9.82. The third-order valence-corrected chi connectivity index (χ3v) is 6.45. The van der Waals surface area contributed by atoms with Crippen LogP contribution >= 0.6 is 23.1 Å². The second-order valence-corrected chi connectivity index (χ2v) is 8.74. The van der Waals surface area contributed by atoms with Gasteiger partial charge in [-0.25, -0.2) is 9.97 Å². The van der Waals surface area contributed by atoms with Crippen LogP contribution in [-0.4, -0.2) is 21.1 Å². The highest BCUT2D eigenvalue weighted by Gasteiger charge is 2.20. The molecule has 4 nitrogen and oxygen atoms in total. The summed E-state index contributed by atoms with van der Waals surface area (Å²) in [6, 6.07) is 6.07. The van der Waals surface area contributed by atoms with Crippen molar-refractivity contribution >= 4 is 44.9 Å². The number of benzene rings is 1. The Morgan fingerprint density at radius 2 is 1.96 bits per heavy atom. The number of fused-ring (bicyclic) bond motifs is 1. The molecule has 1 aromatic carbocycles. The molecule has 0 fully saturated rings. The van der Waals surface area contributed by atoms with Crippen LogP contribution in [0.2, 0.25) is 0 Å². The summed E-state index contributed by atoms with van der Waals surface area (Å²) < 4.78 is 0. The number of nitrogens with zero attached hydrogens (tertiary/aromatic N) is 2. The van der Waals surface area contributed by atoms with Gasteiger partial charge in [0, 0.05) is 16.0 Å². The van der Waals surface area contributed by atoms with E-state index in [1.165, 1.54) is 22.2 Å². The lowest BCUT2D eigenvalue weighted by Gasteiger charge is -2.14. The predicted octanol–water partition coefficient (Wildman–Crippen LogP) is 5.04. The zero-order valence-corrected chi connectivity index (χ0v) is 16.6. The maximum atomic E-state index is 12.6. The van der Waals surface area contributed by atoms with Crippen LogP contribution in [0.5, 0.6) is 0 Å². The molecule has 0 saturated heterocycles. The molecule has 0 aliphatic rings. The second kappa shape index (κ2) is 7.14. The number of aromatic nitrogens is 2. The lowest BCUT2D eigenvalue weighted by molar-refractivity contribution is -0.115. The van der Waals surface area contributed by atoms with E-state index in [2.05, 4.69) is 29.1 Å². The molecule has 2 heterocycles. The fourth-order valence-corrected chi connectivity index (χ4v) is 4.60. The zero-order chi connectivity index (χ0) is 18.1. The van der Waals surface area contributed by atoms with E-state index in [4.69, 9.17) is 0 Å². The molecule has 3 rings (SSSR count). The fourth-order valence-electron chi connectivity index (χ4n) is 2.57. The van der Waals surface area contributed by atoms with E-state index >= 15 is 0 Å². The first kappa shape index (κ1) is 17.9. The summed E-state index contributed by atoms with van der Waals surface area (Å²) in [6.07, 6.45) is 1.58. The van der Waals surface area contributed by atoms with Gasteiger partial charge in [0.25, 0.3) is 0 Å². The molecule has 0 aliphatic heterocycles. The standard InChI is InChI=1S/C19H21N3OS2/c1-10-6-7-11(2)15(8-10)22-17(23)14(5)25-19-16-12(3)13(4)24-18(16)20-9-21-19/h6-9,14H,1-5H3,(H,22,23)/t14-/m1/s1. The number of carbonyl (C=O) groups excluding carboxylic acids is 1. The highest BCUT2D eigenvalue weighted by Crippen LogP contribution is 2.36. The van der Waals surface area contributed by atoms with E-state index < -0.39 is 0 Å². The van der Waals surface area contributed by atoms with Crippen LogP contribution in [0, 0.1) is 27.7 Å². The highest BCUT2D eigenvalue weighted by atomic mass is 32.2. The second-order valence-electron chi connectivity index (χ2n) is 6.21. The molecule has 2 aromatic heterocycles. The van der Waals surface area contributed by atoms with Gasteiger partial charge in [-0.15, -0.1) is 11.3 Å². The number of amides is 1. The quantitative estimate of drug-likeness (QED) is 0.515. The van der Waals surface area contributed by atoms with Crippen LogP contribution < -0.4 is 5.32 Å². The Hall–Kier alpha value is -1.92. The molecule has 0 saturated carbocycles. The first-order chi connectivity index (χ1) is 11.9. The normalized spacial score (nSPS) is 12.4. The number of carbonyl (C=O) groups is 1. The Morgan fingerprint density at radius 3 is 2.72 bits per heavy atom. The lowest BCUT2D eigenvalue weighted by atomic mass is 10.1. The van der Waals surface area contributed by atoms with E-state index in [0.29, 0.717) is 0 Å². The van der Waals surface area contributed by atoms with Crippen molar-refractivity contribution in [1.29, 1.82) is 0 Å². The van der Waals surface area contributed by atoms with Gasteiger partial charge < -0.3 is 5.32 Å². The molecular formula is C19H21N3OS2. The van der Waals surface area contributed by atoms with Gasteiger partial charge in [0.1, 0.15) is 16.2 Å². The average molecular weight is 372 g/mol. The maximum Gasteiger partial charge on any atom is 0.237 e. The number of rotatable bonds is 4. The third-order valence-electron chi connectivity index (χ3n) is 4.24. The van der Waals surface area contributed by atoms with Gasteiger partial charge >= 0.3 is 0 Å². The summed E-state index contributed by atoms with van der Waals surface area (Å²) in [5.74, 6) is -0.0185. The SMILES string of the molecule is Cc1ccc(C)c(NC(=O)[C@@H](C)Sc2ncnc3sc(C)c(C)c23)c1. The molecule has 1 N–H and O–H groups in total. The molecule has 6 heteroatoms. The van der Waals surface area contributed by atoms with Gasteiger partial charge in [0.05, 0.1) is 5.25 Å². The maximum absolute atomic E-state index is 12.6. The number of thiophene rings is 1. The van der Waals surface area contributed by atoms with Crippen molar-refractivity contribution < 1.29 is 4.79 Å². The minimum atomic E-state index is -0.252. The lowest BCUT2D eigenvalue weighted by Crippen LogP contribution is -2.23. The molecule has 0 radical (unpaired) electrons. The number of hydrogen-bond donors (Lipinski definition) is 1.